The van der Waals surface area contributed by atoms with Crippen LogP contribution in [0.5, 0.6) is 0 Å². The van der Waals surface area contributed by atoms with E-state index in [1.54, 1.807) is 4.57 Å². The largest absolute Gasteiger partial charge is 0.478 e. The molecule has 22 heavy (non-hydrogen) atoms. The van der Waals surface area contributed by atoms with Crippen LogP contribution < -0.4 is 0 Å². The summed E-state index contributed by atoms with van der Waals surface area (Å²) in [7, 11) is -1.18. The van der Waals surface area contributed by atoms with Crippen molar-refractivity contribution < 1.29 is 14.6 Å². The molecule has 0 radical (unpaired) electrons. The monoisotopic (exact) mass is 361 g/mol. The molecule has 0 unspecified atom stereocenters. The van der Waals surface area contributed by atoms with E-state index in [2.05, 4.69) is 29.6 Å². The standard InChI is InChI=1S/C13H17Cl2N3O3Si/c1-22(2,3)5-4-21-7-18-6-8(12(19)20)9-10(14)16-13(15)17-11(9)18/h6H,4-5,7H2,1-3H3,(H,19,20). The fraction of sp³-hybridized carbons (Fsp3) is 0.462. The van der Waals surface area contributed by atoms with Gasteiger partial charge in [0, 0.05) is 20.9 Å². The Balaban J connectivity index is 2.28. The predicted molar refractivity (Wildman–Crippen MR) is 88.6 cm³/mol. The van der Waals surface area contributed by atoms with Gasteiger partial charge in [-0.15, -0.1) is 0 Å². The van der Waals surface area contributed by atoms with Gasteiger partial charge in [-0.2, -0.15) is 4.98 Å². The molecule has 2 aromatic rings. The second-order valence-electron chi connectivity index (χ2n) is 6.15. The maximum Gasteiger partial charge on any atom is 0.338 e. The summed E-state index contributed by atoms with van der Waals surface area (Å²) in [4.78, 5) is 19.2. The SMILES string of the molecule is C[Si](C)(C)CCOCn1cc(C(=O)O)c2c(Cl)nc(Cl)nc21. The second-order valence-corrected chi connectivity index (χ2v) is 12.5. The van der Waals surface area contributed by atoms with E-state index >= 15 is 0 Å². The Morgan fingerprint density at radius 1 is 1.36 bits per heavy atom. The summed E-state index contributed by atoms with van der Waals surface area (Å²) in [6.45, 7) is 7.59. The van der Waals surface area contributed by atoms with E-state index in [0.29, 0.717) is 12.3 Å². The van der Waals surface area contributed by atoms with Gasteiger partial charge in [0.05, 0.1) is 10.9 Å². The predicted octanol–water partition coefficient (Wildman–Crippen LogP) is 3.75. The molecule has 0 saturated carbocycles. The van der Waals surface area contributed by atoms with Gasteiger partial charge in [-0.3, -0.25) is 0 Å². The maximum absolute atomic E-state index is 11.3. The molecular weight excluding hydrogens is 345 g/mol. The van der Waals surface area contributed by atoms with Gasteiger partial charge >= 0.3 is 5.97 Å². The molecule has 120 valence electrons. The van der Waals surface area contributed by atoms with Crippen molar-refractivity contribution in [2.75, 3.05) is 6.61 Å². The Morgan fingerprint density at radius 3 is 2.64 bits per heavy atom. The van der Waals surface area contributed by atoms with E-state index in [9.17, 15) is 9.90 Å². The number of carboxylic acids is 1. The molecule has 6 nitrogen and oxygen atoms in total. The molecule has 0 aliphatic rings. The molecular formula is C13H17Cl2N3O3Si. The molecule has 2 rings (SSSR count). The van der Waals surface area contributed by atoms with Crippen LogP contribution in [0.25, 0.3) is 11.0 Å². The van der Waals surface area contributed by atoms with Gasteiger partial charge in [-0.1, -0.05) is 31.2 Å². The zero-order chi connectivity index (χ0) is 16.5. The molecule has 9 heteroatoms. The lowest BCUT2D eigenvalue weighted by Gasteiger charge is -2.15. The van der Waals surface area contributed by atoms with Crippen LogP contribution in [0.1, 0.15) is 10.4 Å². The number of aromatic carboxylic acids is 1. The number of hydrogen-bond donors (Lipinski definition) is 1. The molecule has 0 bridgehead atoms. The van der Waals surface area contributed by atoms with Crippen molar-refractivity contribution in [3.63, 3.8) is 0 Å². The maximum atomic E-state index is 11.3. The number of carbonyl (C=O) groups is 1. The highest BCUT2D eigenvalue weighted by Gasteiger charge is 2.20. The van der Waals surface area contributed by atoms with Crippen LogP contribution in [0, 0.1) is 0 Å². The number of ether oxygens (including phenoxy) is 1. The third-order valence-corrected chi connectivity index (χ3v) is 5.25. The first-order valence-corrected chi connectivity index (χ1v) is 11.2. The Morgan fingerprint density at radius 2 is 2.05 bits per heavy atom. The Hall–Kier alpha value is -1.15. The van der Waals surface area contributed by atoms with Gasteiger partial charge in [0.2, 0.25) is 5.28 Å². The van der Waals surface area contributed by atoms with E-state index in [1.807, 2.05) is 0 Å². The third kappa shape index (κ3) is 3.98. The molecule has 0 amide bonds. The van der Waals surface area contributed by atoms with Gasteiger partial charge in [-0.25, -0.2) is 9.78 Å². The van der Waals surface area contributed by atoms with Crippen molar-refractivity contribution in [3.8, 4) is 0 Å². The molecule has 1 N–H and O–H groups in total. The topological polar surface area (TPSA) is 77.2 Å². The summed E-state index contributed by atoms with van der Waals surface area (Å²) in [5, 5.41) is 9.53. The van der Waals surface area contributed by atoms with Crippen LogP contribution in [0.3, 0.4) is 0 Å². The summed E-state index contributed by atoms with van der Waals surface area (Å²) in [6.07, 6.45) is 1.44. The zero-order valence-corrected chi connectivity index (χ0v) is 15.1. The Kier molecular flexibility index (Phi) is 5.11. The van der Waals surface area contributed by atoms with E-state index in [1.165, 1.54) is 6.20 Å². The van der Waals surface area contributed by atoms with Crippen molar-refractivity contribution >= 4 is 48.3 Å². The van der Waals surface area contributed by atoms with Gasteiger partial charge < -0.3 is 14.4 Å². The number of fused-ring (bicyclic) bond motifs is 1. The van der Waals surface area contributed by atoms with Crippen LogP contribution in [0.4, 0.5) is 0 Å². The van der Waals surface area contributed by atoms with Crippen LogP contribution in [-0.4, -0.2) is 40.3 Å². The lowest BCUT2D eigenvalue weighted by atomic mass is 10.2. The summed E-state index contributed by atoms with van der Waals surface area (Å²) >= 11 is 11.8. The molecule has 0 fully saturated rings. The summed E-state index contributed by atoms with van der Waals surface area (Å²) in [6, 6.07) is 1.02. The molecule has 0 aliphatic heterocycles. The van der Waals surface area contributed by atoms with Gasteiger partial charge in [-0.05, 0) is 17.6 Å². The summed E-state index contributed by atoms with van der Waals surface area (Å²) < 4.78 is 7.22. The molecule has 0 aromatic carbocycles. The normalized spacial score (nSPS) is 12.0. The van der Waals surface area contributed by atoms with Gasteiger partial charge in [0.25, 0.3) is 0 Å². The van der Waals surface area contributed by atoms with Crippen molar-refractivity contribution in [1.82, 2.24) is 14.5 Å². The minimum Gasteiger partial charge on any atom is -0.478 e. The smallest absolute Gasteiger partial charge is 0.338 e. The lowest BCUT2D eigenvalue weighted by Crippen LogP contribution is -2.22. The van der Waals surface area contributed by atoms with Crippen LogP contribution >= 0.6 is 23.2 Å². The summed E-state index contributed by atoms with van der Waals surface area (Å²) in [5.74, 6) is -1.10. The fourth-order valence-electron chi connectivity index (χ4n) is 1.92. The van der Waals surface area contributed by atoms with Gasteiger partial charge in [0.1, 0.15) is 17.5 Å². The van der Waals surface area contributed by atoms with E-state index in [0.717, 1.165) is 6.04 Å². The minimum atomic E-state index is -1.18. The second kappa shape index (κ2) is 6.53. The number of rotatable bonds is 6. The number of nitrogens with zero attached hydrogens (tertiary/aromatic N) is 3. The van der Waals surface area contributed by atoms with Crippen molar-refractivity contribution in [3.05, 3.63) is 22.2 Å². The van der Waals surface area contributed by atoms with Crippen LogP contribution in [0.2, 0.25) is 36.1 Å². The quantitative estimate of drug-likeness (QED) is 0.367. The minimum absolute atomic E-state index is 0.0215. The highest BCUT2D eigenvalue weighted by Crippen LogP contribution is 2.27. The highest BCUT2D eigenvalue weighted by atomic mass is 35.5. The molecule has 0 spiro atoms. The van der Waals surface area contributed by atoms with E-state index < -0.39 is 14.0 Å². The highest BCUT2D eigenvalue weighted by molar-refractivity contribution is 6.76. The van der Waals surface area contributed by atoms with Crippen molar-refractivity contribution in [1.29, 1.82) is 0 Å². The molecule has 2 heterocycles. The molecule has 0 saturated heterocycles. The average Bonchev–Trinajstić information content (AvgIpc) is 2.73. The fourth-order valence-corrected chi connectivity index (χ4v) is 3.15. The first-order chi connectivity index (χ1) is 10.2. The van der Waals surface area contributed by atoms with Crippen LogP contribution in [0.15, 0.2) is 6.20 Å². The van der Waals surface area contributed by atoms with Crippen LogP contribution in [-0.2, 0) is 11.5 Å². The number of halogens is 2. The number of carboxylic acid groups (broad SMARTS) is 1. The Labute approximate surface area is 139 Å². The van der Waals surface area contributed by atoms with E-state index in [4.69, 9.17) is 27.9 Å². The Bertz CT molecular complexity index is 713. The first-order valence-electron chi connectivity index (χ1n) is 6.72. The average molecular weight is 362 g/mol. The lowest BCUT2D eigenvalue weighted by molar-refractivity contribution is 0.0696. The number of hydrogen-bond acceptors (Lipinski definition) is 4. The van der Waals surface area contributed by atoms with E-state index in [-0.39, 0.29) is 28.1 Å². The van der Waals surface area contributed by atoms with Crippen molar-refractivity contribution in [2.24, 2.45) is 0 Å². The molecule has 0 atom stereocenters. The van der Waals surface area contributed by atoms with Crippen molar-refractivity contribution in [2.45, 2.75) is 32.4 Å². The zero-order valence-electron chi connectivity index (χ0n) is 12.6. The summed E-state index contributed by atoms with van der Waals surface area (Å²) in [5.41, 5.74) is 0.390. The third-order valence-electron chi connectivity index (χ3n) is 3.10. The first kappa shape index (κ1) is 17.2. The number of aromatic nitrogens is 3. The van der Waals surface area contributed by atoms with Gasteiger partial charge in [0.15, 0.2) is 0 Å². The molecule has 0 aliphatic carbocycles. The molecule has 2 aromatic heterocycles.